The molecule has 0 aliphatic rings. The predicted molar refractivity (Wildman–Crippen MR) is 90.1 cm³/mol. The molecule has 0 fully saturated rings. The van der Waals surface area contributed by atoms with E-state index < -0.39 is 0 Å². The largest absolute Gasteiger partial charge is 0.468 e. The van der Waals surface area contributed by atoms with E-state index >= 15 is 0 Å². The molecule has 0 aromatic rings. The molecule has 0 aromatic carbocycles. The summed E-state index contributed by atoms with van der Waals surface area (Å²) in [6.45, 7) is 2.90. The summed E-state index contributed by atoms with van der Waals surface area (Å²) < 4.78 is 6.61. The highest BCUT2D eigenvalue weighted by molar-refractivity contribution is 8.12. The highest BCUT2D eigenvalue weighted by atomic mass is 32.2. The van der Waals surface area contributed by atoms with Crippen LogP contribution in [0.2, 0.25) is 0 Å². The number of hydrogen-bond donors (Lipinski definition) is 1. The number of methoxy groups -OCH3 is 1. The minimum Gasteiger partial charge on any atom is -0.468 e. The van der Waals surface area contributed by atoms with Crippen LogP contribution in [-0.2, 0) is 4.74 Å². The second-order valence-corrected chi connectivity index (χ2v) is 5.90. The van der Waals surface area contributed by atoms with Gasteiger partial charge in [-0.05, 0) is 30.3 Å². The fourth-order valence-electron chi connectivity index (χ4n) is 1.61. The standard InChI is InChI=1S/C13H27N3O2S2/c1-5-6-7-8-9-10-11-14-12(18-2)15-13(17)16(19-3)20-4/h5-11H2,1-4H3,(H,14,15,17). The number of carbonyl (C=O) groups is 1. The van der Waals surface area contributed by atoms with Crippen molar-refractivity contribution >= 4 is 35.9 Å². The zero-order valence-corrected chi connectivity index (χ0v) is 14.6. The van der Waals surface area contributed by atoms with E-state index in [1.807, 2.05) is 12.5 Å². The molecule has 1 N–H and O–H groups in total. The third kappa shape index (κ3) is 9.36. The Hall–Kier alpha value is -0.560. The van der Waals surface area contributed by atoms with Gasteiger partial charge in [0.05, 0.1) is 7.11 Å². The lowest BCUT2D eigenvalue weighted by Gasteiger charge is -2.16. The van der Waals surface area contributed by atoms with Crippen LogP contribution in [0.4, 0.5) is 4.79 Å². The van der Waals surface area contributed by atoms with Gasteiger partial charge in [-0.2, -0.15) is 0 Å². The Morgan fingerprint density at radius 1 is 1.15 bits per heavy atom. The molecule has 7 heteroatoms. The molecule has 0 unspecified atom stereocenters. The Morgan fingerprint density at radius 3 is 2.30 bits per heavy atom. The average molecular weight is 322 g/mol. The van der Waals surface area contributed by atoms with E-state index in [4.69, 9.17) is 4.74 Å². The Balaban J connectivity index is 3.94. The lowest BCUT2D eigenvalue weighted by atomic mass is 10.1. The number of ether oxygens (including phenoxy) is 1. The monoisotopic (exact) mass is 321 g/mol. The van der Waals surface area contributed by atoms with E-state index in [1.165, 1.54) is 66.8 Å². The zero-order valence-electron chi connectivity index (χ0n) is 13.0. The molecule has 2 amide bonds. The maximum absolute atomic E-state index is 11.8. The van der Waals surface area contributed by atoms with Gasteiger partial charge in [-0.25, -0.2) is 13.5 Å². The van der Waals surface area contributed by atoms with Crippen molar-refractivity contribution in [2.45, 2.75) is 45.4 Å². The van der Waals surface area contributed by atoms with Crippen molar-refractivity contribution in [3.05, 3.63) is 0 Å². The molecule has 0 rings (SSSR count). The van der Waals surface area contributed by atoms with Crippen LogP contribution in [0.15, 0.2) is 4.99 Å². The normalized spacial score (nSPS) is 11.3. The summed E-state index contributed by atoms with van der Waals surface area (Å²) >= 11 is 2.69. The highest BCUT2D eigenvalue weighted by Crippen LogP contribution is 2.15. The minimum atomic E-state index is -0.228. The summed E-state index contributed by atoms with van der Waals surface area (Å²) in [5, 5.41) is 2.65. The van der Waals surface area contributed by atoms with Gasteiger partial charge in [0.15, 0.2) is 0 Å². The number of carbonyl (C=O) groups excluding carboxylic acids is 1. The van der Waals surface area contributed by atoms with Gasteiger partial charge in [-0.15, -0.1) is 0 Å². The van der Waals surface area contributed by atoms with Crippen molar-refractivity contribution < 1.29 is 9.53 Å². The van der Waals surface area contributed by atoms with Gasteiger partial charge in [-0.3, -0.25) is 5.32 Å². The minimum absolute atomic E-state index is 0.228. The van der Waals surface area contributed by atoms with Gasteiger partial charge in [0.1, 0.15) is 0 Å². The summed E-state index contributed by atoms with van der Waals surface area (Å²) in [6, 6.07) is 0.0604. The SMILES string of the molecule is CCCCCCCCN=C(NC(=O)N(SC)SC)OC. The number of rotatable bonds is 9. The number of aliphatic imine (C=N–C) groups is 1. The predicted octanol–water partition coefficient (Wildman–Crippen LogP) is 3.92. The zero-order chi connectivity index (χ0) is 15.2. The lowest BCUT2D eigenvalue weighted by molar-refractivity contribution is 0.240. The van der Waals surface area contributed by atoms with Gasteiger partial charge < -0.3 is 4.74 Å². The molecular formula is C13H27N3O2S2. The van der Waals surface area contributed by atoms with Crippen molar-refractivity contribution in [3.8, 4) is 0 Å². The number of hydrogen-bond acceptors (Lipinski definition) is 5. The van der Waals surface area contributed by atoms with Crippen LogP contribution in [0.1, 0.15) is 45.4 Å². The van der Waals surface area contributed by atoms with E-state index in [0.717, 1.165) is 6.42 Å². The fraction of sp³-hybridized carbons (Fsp3) is 0.846. The molecule has 0 saturated heterocycles. The Morgan fingerprint density at radius 2 is 1.75 bits per heavy atom. The molecule has 0 aliphatic heterocycles. The molecule has 0 aliphatic carbocycles. The third-order valence-corrected chi connectivity index (χ3v) is 4.56. The Bertz CT molecular complexity index is 285. The highest BCUT2D eigenvalue weighted by Gasteiger charge is 2.13. The maximum atomic E-state index is 11.8. The van der Waals surface area contributed by atoms with Crippen molar-refractivity contribution in [2.75, 3.05) is 26.2 Å². The number of urea groups is 1. The van der Waals surface area contributed by atoms with Gasteiger partial charge >= 0.3 is 6.03 Å². The van der Waals surface area contributed by atoms with Crippen LogP contribution >= 0.6 is 23.9 Å². The molecule has 118 valence electrons. The van der Waals surface area contributed by atoms with Crippen LogP contribution < -0.4 is 5.32 Å². The molecule has 0 heterocycles. The first kappa shape index (κ1) is 19.4. The van der Waals surface area contributed by atoms with E-state index in [1.54, 1.807) is 0 Å². The van der Waals surface area contributed by atoms with Crippen molar-refractivity contribution in [1.29, 1.82) is 0 Å². The third-order valence-electron chi connectivity index (χ3n) is 2.67. The quantitative estimate of drug-likeness (QED) is 0.303. The molecule has 0 spiro atoms. The summed E-state index contributed by atoms with van der Waals surface area (Å²) in [4.78, 5) is 16.1. The molecule has 5 nitrogen and oxygen atoms in total. The maximum Gasteiger partial charge on any atom is 0.345 e. The van der Waals surface area contributed by atoms with Gasteiger partial charge in [0.2, 0.25) is 0 Å². The van der Waals surface area contributed by atoms with Gasteiger partial charge in [0, 0.05) is 19.1 Å². The van der Waals surface area contributed by atoms with Crippen LogP contribution in [0.3, 0.4) is 0 Å². The molecule has 0 aromatic heterocycles. The second-order valence-electron chi connectivity index (χ2n) is 4.21. The number of amidine groups is 1. The fourth-order valence-corrected chi connectivity index (χ4v) is 2.62. The van der Waals surface area contributed by atoms with Crippen LogP contribution in [0.25, 0.3) is 0 Å². The van der Waals surface area contributed by atoms with E-state index in [2.05, 4.69) is 17.2 Å². The van der Waals surface area contributed by atoms with E-state index in [0.29, 0.717) is 6.54 Å². The smallest absolute Gasteiger partial charge is 0.345 e. The topological polar surface area (TPSA) is 53.9 Å². The first-order valence-electron chi connectivity index (χ1n) is 6.97. The summed E-state index contributed by atoms with van der Waals surface area (Å²) in [6.07, 6.45) is 11.0. The summed E-state index contributed by atoms with van der Waals surface area (Å²) in [7, 11) is 1.52. The summed E-state index contributed by atoms with van der Waals surface area (Å²) in [5.74, 6) is 0. The molecule has 0 atom stereocenters. The Kier molecular flexibility index (Phi) is 13.0. The number of nitrogens with zero attached hydrogens (tertiary/aromatic N) is 2. The summed E-state index contributed by atoms with van der Waals surface area (Å²) in [5.41, 5.74) is 0. The molecular weight excluding hydrogens is 294 g/mol. The lowest BCUT2D eigenvalue weighted by Crippen LogP contribution is -2.37. The number of amides is 2. The first-order valence-corrected chi connectivity index (χ1v) is 9.33. The van der Waals surface area contributed by atoms with E-state index in [-0.39, 0.29) is 12.1 Å². The van der Waals surface area contributed by atoms with Gasteiger partial charge in [0.25, 0.3) is 6.02 Å². The van der Waals surface area contributed by atoms with E-state index in [9.17, 15) is 4.79 Å². The average Bonchev–Trinajstić information content (AvgIpc) is 2.46. The van der Waals surface area contributed by atoms with Crippen LogP contribution in [-0.4, -0.2) is 41.9 Å². The van der Waals surface area contributed by atoms with Crippen molar-refractivity contribution in [2.24, 2.45) is 4.99 Å². The Labute approximate surface area is 131 Å². The first-order chi connectivity index (χ1) is 9.69. The molecule has 0 bridgehead atoms. The molecule has 0 radical (unpaired) electrons. The van der Waals surface area contributed by atoms with Gasteiger partial charge in [-0.1, -0.05) is 39.0 Å². The van der Waals surface area contributed by atoms with Crippen molar-refractivity contribution in [1.82, 2.24) is 9.03 Å². The number of unbranched alkanes of at least 4 members (excludes halogenated alkanes) is 5. The second kappa shape index (κ2) is 13.4. The molecule has 20 heavy (non-hydrogen) atoms. The molecule has 0 saturated carbocycles. The number of nitrogens with one attached hydrogen (secondary N) is 1. The van der Waals surface area contributed by atoms with Crippen LogP contribution in [0.5, 0.6) is 0 Å². The van der Waals surface area contributed by atoms with Crippen molar-refractivity contribution in [3.63, 3.8) is 0 Å². The van der Waals surface area contributed by atoms with Crippen LogP contribution in [0, 0.1) is 0 Å².